The molecule has 0 aliphatic rings. The summed E-state index contributed by atoms with van der Waals surface area (Å²) in [5, 5.41) is 22.2. The Bertz CT molecular complexity index is 1160. The number of fused-ring (bicyclic) bond motifs is 1. The highest BCUT2D eigenvalue weighted by Crippen LogP contribution is 2.43. The Morgan fingerprint density at radius 3 is 2.33 bits per heavy atom. The van der Waals surface area contributed by atoms with Gasteiger partial charge < -0.3 is 5.11 Å². The average molecular weight is 377 g/mol. The lowest BCUT2D eigenvalue weighted by molar-refractivity contribution is -0.384. The van der Waals surface area contributed by atoms with Crippen LogP contribution in [0.25, 0.3) is 33.2 Å². The van der Waals surface area contributed by atoms with Crippen LogP contribution in [0.3, 0.4) is 0 Å². The highest BCUT2D eigenvalue weighted by atomic mass is 35.5. The Labute approximate surface area is 159 Å². The first-order valence-corrected chi connectivity index (χ1v) is 8.54. The fraction of sp³-hybridized carbons (Fsp3) is 0. The summed E-state index contributed by atoms with van der Waals surface area (Å²) in [6.07, 6.45) is 1.62. The molecular weight excluding hydrogens is 364 g/mol. The first kappa shape index (κ1) is 17.0. The molecule has 3 aromatic carbocycles. The zero-order valence-corrected chi connectivity index (χ0v) is 14.7. The maximum atomic E-state index is 11.7. The van der Waals surface area contributed by atoms with E-state index in [1.807, 2.05) is 36.4 Å². The molecular formula is C21H13ClN2O3. The molecule has 1 heterocycles. The van der Waals surface area contributed by atoms with E-state index >= 15 is 0 Å². The molecule has 1 aromatic heterocycles. The molecule has 0 bridgehead atoms. The van der Waals surface area contributed by atoms with E-state index in [-0.39, 0.29) is 16.5 Å². The number of pyridine rings is 1. The molecule has 27 heavy (non-hydrogen) atoms. The van der Waals surface area contributed by atoms with Gasteiger partial charge in [0.2, 0.25) is 0 Å². The third-order valence-electron chi connectivity index (χ3n) is 4.38. The van der Waals surface area contributed by atoms with Gasteiger partial charge in [-0.2, -0.15) is 0 Å². The summed E-state index contributed by atoms with van der Waals surface area (Å²) in [7, 11) is 0. The summed E-state index contributed by atoms with van der Waals surface area (Å²) >= 11 is 6.46. The van der Waals surface area contributed by atoms with Gasteiger partial charge in [0.05, 0.1) is 21.0 Å². The van der Waals surface area contributed by atoms with Gasteiger partial charge >= 0.3 is 0 Å². The van der Waals surface area contributed by atoms with Crippen LogP contribution in [0.2, 0.25) is 5.02 Å². The standard InChI is InChI=1S/C21H13ClN2O3/c22-17-12-18(24(26)27)19(14-6-8-15(25)9-7-14)21-20(17)16(10-11-23-21)13-4-2-1-3-5-13/h1-12,25H. The molecule has 4 rings (SSSR count). The van der Waals surface area contributed by atoms with Crippen LogP contribution in [0, 0.1) is 10.1 Å². The van der Waals surface area contributed by atoms with E-state index in [0.29, 0.717) is 22.0 Å². The summed E-state index contributed by atoms with van der Waals surface area (Å²) in [6, 6.07) is 19.1. The minimum absolute atomic E-state index is 0.0811. The second-order valence-electron chi connectivity index (χ2n) is 6.00. The smallest absolute Gasteiger partial charge is 0.280 e. The van der Waals surface area contributed by atoms with E-state index in [1.54, 1.807) is 18.3 Å². The Morgan fingerprint density at radius 2 is 1.67 bits per heavy atom. The number of nitro groups is 1. The molecule has 6 heteroatoms. The third kappa shape index (κ3) is 2.98. The lowest BCUT2D eigenvalue weighted by Gasteiger charge is -2.13. The fourth-order valence-corrected chi connectivity index (χ4v) is 3.49. The molecule has 0 aliphatic carbocycles. The normalized spacial score (nSPS) is 10.9. The van der Waals surface area contributed by atoms with Crippen molar-refractivity contribution in [3.63, 3.8) is 0 Å². The van der Waals surface area contributed by atoms with Gasteiger partial charge in [-0.15, -0.1) is 0 Å². The molecule has 5 nitrogen and oxygen atoms in total. The summed E-state index contributed by atoms with van der Waals surface area (Å²) in [6.45, 7) is 0. The van der Waals surface area contributed by atoms with E-state index in [9.17, 15) is 15.2 Å². The van der Waals surface area contributed by atoms with Crippen LogP contribution < -0.4 is 0 Å². The number of nitro benzene ring substituents is 1. The second kappa shape index (κ2) is 6.70. The monoisotopic (exact) mass is 376 g/mol. The lowest BCUT2D eigenvalue weighted by atomic mass is 9.95. The molecule has 0 unspecified atom stereocenters. The predicted molar refractivity (Wildman–Crippen MR) is 106 cm³/mol. The number of phenols is 1. The number of aromatic nitrogens is 1. The molecule has 0 saturated carbocycles. The zero-order chi connectivity index (χ0) is 19.0. The van der Waals surface area contributed by atoms with Crippen LogP contribution in [-0.4, -0.2) is 15.0 Å². The summed E-state index contributed by atoms with van der Waals surface area (Å²) in [5.74, 6) is 0.0811. The third-order valence-corrected chi connectivity index (χ3v) is 4.68. The number of halogens is 1. The second-order valence-corrected chi connectivity index (χ2v) is 6.41. The number of rotatable bonds is 3. The summed E-state index contributed by atoms with van der Waals surface area (Å²) in [5.41, 5.74) is 3.06. The highest BCUT2D eigenvalue weighted by Gasteiger charge is 2.24. The van der Waals surface area contributed by atoms with Crippen molar-refractivity contribution < 1.29 is 10.0 Å². The Balaban J connectivity index is 2.12. The molecule has 0 saturated heterocycles. The van der Waals surface area contributed by atoms with Crippen LogP contribution in [-0.2, 0) is 0 Å². The molecule has 0 atom stereocenters. The maximum Gasteiger partial charge on any atom is 0.280 e. The molecule has 1 N–H and O–H groups in total. The molecule has 0 fully saturated rings. The van der Waals surface area contributed by atoms with Crippen molar-refractivity contribution >= 4 is 28.2 Å². The van der Waals surface area contributed by atoms with Crippen molar-refractivity contribution in [2.24, 2.45) is 0 Å². The highest BCUT2D eigenvalue weighted by molar-refractivity contribution is 6.37. The van der Waals surface area contributed by atoms with Crippen LogP contribution >= 0.6 is 11.6 Å². The fourth-order valence-electron chi connectivity index (χ4n) is 3.19. The summed E-state index contributed by atoms with van der Waals surface area (Å²) < 4.78 is 0. The zero-order valence-electron chi connectivity index (χ0n) is 14.0. The Kier molecular flexibility index (Phi) is 4.22. The van der Waals surface area contributed by atoms with Crippen LogP contribution in [0.4, 0.5) is 5.69 Å². The first-order chi connectivity index (χ1) is 13.1. The van der Waals surface area contributed by atoms with Crippen molar-refractivity contribution in [2.45, 2.75) is 0 Å². The van der Waals surface area contributed by atoms with Gasteiger partial charge in [0.15, 0.2) is 0 Å². The number of hydrogen-bond donors (Lipinski definition) is 1. The largest absolute Gasteiger partial charge is 0.508 e. The summed E-state index contributed by atoms with van der Waals surface area (Å²) in [4.78, 5) is 15.6. The molecule has 0 spiro atoms. The van der Waals surface area contributed by atoms with Crippen molar-refractivity contribution in [2.75, 3.05) is 0 Å². The van der Waals surface area contributed by atoms with Crippen LogP contribution in [0.1, 0.15) is 0 Å². The van der Waals surface area contributed by atoms with Crippen LogP contribution in [0.15, 0.2) is 72.9 Å². The van der Waals surface area contributed by atoms with Crippen molar-refractivity contribution in [1.29, 1.82) is 0 Å². The number of benzene rings is 3. The SMILES string of the molecule is O=[N+]([O-])c1cc(Cl)c2c(-c3ccccc3)ccnc2c1-c1ccc(O)cc1. The maximum absolute atomic E-state index is 11.7. The van der Waals surface area contributed by atoms with E-state index in [0.717, 1.165) is 11.1 Å². The molecule has 4 aromatic rings. The number of phenolic OH excluding ortho intramolecular Hbond substituents is 1. The molecule has 0 amide bonds. The minimum atomic E-state index is -0.468. The van der Waals surface area contributed by atoms with E-state index in [2.05, 4.69) is 4.98 Å². The van der Waals surface area contributed by atoms with Gasteiger partial charge in [0.1, 0.15) is 5.75 Å². The van der Waals surface area contributed by atoms with Gasteiger partial charge in [-0.25, -0.2) is 0 Å². The van der Waals surface area contributed by atoms with Crippen molar-refractivity contribution in [3.05, 3.63) is 88.1 Å². The molecule has 0 radical (unpaired) electrons. The average Bonchev–Trinajstić information content (AvgIpc) is 2.69. The van der Waals surface area contributed by atoms with E-state index in [1.165, 1.54) is 18.2 Å². The van der Waals surface area contributed by atoms with Gasteiger partial charge in [-0.1, -0.05) is 54.1 Å². The number of aromatic hydroxyl groups is 1. The van der Waals surface area contributed by atoms with Gasteiger partial charge in [-0.05, 0) is 34.9 Å². The van der Waals surface area contributed by atoms with Gasteiger partial charge in [-0.3, -0.25) is 15.1 Å². The van der Waals surface area contributed by atoms with Gasteiger partial charge in [0, 0.05) is 17.6 Å². The number of nitrogens with zero attached hydrogens (tertiary/aromatic N) is 2. The lowest BCUT2D eigenvalue weighted by Crippen LogP contribution is -1.96. The van der Waals surface area contributed by atoms with E-state index in [4.69, 9.17) is 11.6 Å². The Morgan fingerprint density at radius 1 is 0.963 bits per heavy atom. The first-order valence-electron chi connectivity index (χ1n) is 8.16. The van der Waals surface area contributed by atoms with Crippen molar-refractivity contribution in [1.82, 2.24) is 4.98 Å². The molecule has 132 valence electrons. The minimum Gasteiger partial charge on any atom is -0.508 e. The topological polar surface area (TPSA) is 76.3 Å². The molecule has 0 aliphatic heterocycles. The predicted octanol–water partition coefficient (Wildman–Crippen LogP) is 5.84. The van der Waals surface area contributed by atoms with Crippen molar-refractivity contribution in [3.8, 4) is 28.0 Å². The number of hydrogen-bond acceptors (Lipinski definition) is 4. The van der Waals surface area contributed by atoms with E-state index < -0.39 is 4.92 Å². The van der Waals surface area contributed by atoms with Gasteiger partial charge in [0.25, 0.3) is 5.69 Å². The van der Waals surface area contributed by atoms with Crippen LogP contribution in [0.5, 0.6) is 5.75 Å². The quantitative estimate of drug-likeness (QED) is 0.360. The Hall–Kier alpha value is -3.44.